The van der Waals surface area contributed by atoms with Gasteiger partial charge in [-0.15, -0.1) is 11.3 Å². The number of rotatable bonds is 4. The molecule has 17 heavy (non-hydrogen) atoms. The molecule has 6 heteroatoms. The second-order valence-corrected chi connectivity index (χ2v) is 5.12. The number of nitrogens with zero attached hydrogens (tertiary/aromatic N) is 1. The van der Waals surface area contributed by atoms with Crippen molar-refractivity contribution < 1.29 is 4.74 Å². The topological polar surface area (TPSA) is 45.6 Å². The van der Waals surface area contributed by atoms with E-state index in [2.05, 4.69) is 15.8 Å². The van der Waals surface area contributed by atoms with Crippen LogP contribution in [-0.2, 0) is 4.74 Å². The monoisotopic (exact) mass is 269 g/mol. The number of hydrogen-bond donors (Lipinski definition) is 2. The summed E-state index contributed by atoms with van der Waals surface area (Å²) in [5, 5.41) is 9.68. The third kappa shape index (κ3) is 4.41. The van der Waals surface area contributed by atoms with Gasteiger partial charge in [0.05, 0.1) is 12.3 Å². The Labute approximate surface area is 110 Å². The quantitative estimate of drug-likeness (QED) is 0.496. The molecule has 1 aliphatic rings. The molecule has 1 fully saturated rings. The Balaban J connectivity index is 1.63. The zero-order chi connectivity index (χ0) is 11.9. The molecule has 1 saturated heterocycles. The smallest absolute Gasteiger partial charge is 0.187 e. The Morgan fingerprint density at radius 3 is 3.35 bits per heavy atom. The maximum atomic E-state index is 5.48. The van der Waals surface area contributed by atoms with E-state index in [1.54, 1.807) is 17.6 Å². The summed E-state index contributed by atoms with van der Waals surface area (Å²) in [4.78, 5) is 1.10. The van der Waals surface area contributed by atoms with Crippen molar-refractivity contribution in [3.8, 4) is 0 Å². The fourth-order valence-corrected chi connectivity index (χ4v) is 2.29. The molecule has 0 aromatic carbocycles. The van der Waals surface area contributed by atoms with E-state index in [0.29, 0.717) is 5.11 Å². The van der Waals surface area contributed by atoms with Crippen LogP contribution in [0.5, 0.6) is 0 Å². The number of hydrogen-bond acceptors (Lipinski definition) is 4. The van der Waals surface area contributed by atoms with Crippen molar-refractivity contribution in [3.05, 3.63) is 22.4 Å². The van der Waals surface area contributed by atoms with E-state index in [0.717, 1.165) is 30.9 Å². The average molecular weight is 269 g/mol. The van der Waals surface area contributed by atoms with Crippen LogP contribution >= 0.6 is 23.6 Å². The van der Waals surface area contributed by atoms with Gasteiger partial charge in [-0.05, 0) is 36.5 Å². The summed E-state index contributed by atoms with van der Waals surface area (Å²) in [5.41, 5.74) is 2.79. The maximum Gasteiger partial charge on any atom is 0.187 e. The van der Waals surface area contributed by atoms with Gasteiger partial charge in [0.1, 0.15) is 0 Å². The van der Waals surface area contributed by atoms with Crippen molar-refractivity contribution >= 4 is 34.9 Å². The predicted octanol–water partition coefficient (Wildman–Crippen LogP) is 1.73. The normalized spacial score (nSPS) is 19.6. The van der Waals surface area contributed by atoms with Crippen LogP contribution in [-0.4, -0.2) is 30.6 Å². The van der Waals surface area contributed by atoms with Crippen molar-refractivity contribution in [1.82, 2.24) is 10.7 Å². The molecule has 2 rings (SSSR count). The molecule has 2 N–H and O–H groups in total. The molecule has 0 radical (unpaired) electrons. The highest BCUT2D eigenvalue weighted by molar-refractivity contribution is 7.80. The van der Waals surface area contributed by atoms with Crippen molar-refractivity contribution in [2.45, 2.75) is 18.9 Å². The van der Waals surface area contributed by atoms with Crippen LogP contribution < -0.4 is 10.7 Å². The highest BCUT2D eigenvalue weighted by Crippen LogP contribution is 2.10. The maximum absolute atomic E-state index is 5.48. The molecule has 1 aromatic rings. The van der Waals surface area contributed by atoms with E-state index in [1.165, 1.54) is 0 Å². The van der Waals surface area contributed by atoms with Crippen molar-refractivity contribution in [2.75, 3.05) is 13.2 Å². The molecule has 4 nitrogen and oxygen atoms in total. The van der Waals surface area contributed by atoms with E-state index in [1.807, 2.05) is 17.5 Å². The van der Waals surface area contributed by atoms with Crippen LogP contribution in [0.15, 0.2) is 22.6 Å². The standard InChI is InChI=1S/C11H15N3OS2/c16-11(12-7-9-3-1-5-15-9)14-13-8-10-4-2-6-17-10/h2,4,6,8-9H,1,3,5,7H2,(H2,12,14,16)/b13-8-/t9-/m1/s1. The Morgan fingerprint density at radius 2 is 2.65 bits per heavy atom. The van der Waals surface area contributed by atoms with E-state index < -0.39 is 0 Å². The van der Waals surface area contributed by atoms with Gasteiger partial charge in [-0.1, -0.05) is 6.07 Å². The number of nitrogens with one attached hydrogen (secondary N) is 2. The second-order valence-electron chi connectivity index (χ2n) is 3.73. The fourth-order valence-electron chi connectivity index (χ4n) is 1.57. The van der Waals surface area contributed by atoms with Gasteiger partial charge in [-0.25, -0.2) is 0 Å². The fraction of sp³-hybridized carbons (Fsp3) is 0.455. The van der Waals surface area contributed by atoms with Gasteiger partial charge >= 0.3 is 0 Å². The first-order valence-electron chi connectivity index (χ1n) is 5.56. The summed E-state index contributed by atoms with van der Waals surface area (Å²) >= 11 is 6.73. The van der Waals surface area contributed by atoms with Gasteiger partial charge in [0, 0.05) is 18.0 Å². The van der Waals surface area contributed by atoms with Crippen LogP contribution in [0.3, 0.4) is 0 Å². The molecule has 2 heterocycles. The summed E-state index contributed by atoms with van der Waals surface area (Å²) in [5.74, 6) is 0. The summed E-state index contributed by atoms with van der Waals surface area (Å²) in [6.45, 7) is 1.61. The average Bonchev–Trinajstić information content (AvgIpc) is 2.99. The molecule has 1 aliphatic heterocycles. The first kappa shape index (κ1) is 12.5. The molecule has 0 amide bonds. The summed E-state index contributed by atoms with van der Waals surface area (Å²) in [6.07, 6.45) is 4.29. The van der Waals surface area contributed by atoms with Crippen LogP contribution in [0.2, 0.25) is 0 Å². The van der Waals surface area contributed by atoms with Gasteiger partial charge in [-0.2, -0.15) is 5.10 Å². The third-order valence-electron chi connectivity index (χ3n) is 2.42. The highest BCUT2D eigenvalue weighted by atomic mass is 32.1. The van der Waals surface area contributed by atoms with Crippen LogP contribution in [0.4, 0.5) is 0 Å². The molecule has 92 valence electrons. The molecule has 0 bridgehead atoms. The van der Waals surface area contributed by atoms with Crippen LogP contribution in [0.1, 0.15) is 17.7 Å². The van der Waals surface area contributed by atoms with E-state index in [4.69, 9.17) is 17.0 Å². The molecule has 1 atom stereocenters. The number of ether oxygens (including phenoxy) is 1. The Kier molecular flexibility index (Phi) is 4.90. The molecular formula is C11H15N3OS2. The second kappa shape index (κ2) is 6.68. The summed E-state index contributed by atoms with van der Waals surface area (Å²) in [6, 6.07) is 3.98. The number of thiophene rings is 1. The van der Waals surface area contributed by atoms with Gasteiger partial charge < -0.3 is 10.1 Å². The lowest BCUT2D eigenvalue weighted by molar-refractivity contribution is 0.114. The largest absolute Gasteiger partial charge is 0.376 e. The molecule has 0 aliphatic carbocycles. The lowest BCUT2D eigenvalue weighted by Gasteiger charge is -2.11. The summed E-state index contributed by atoms with van der Waals surface area (Å²) < 4.78 is 5.48. The molecule has 1 aromatic heterocycles. The van der Waals surface area contributed by atoms with Crippen LogP contribution in [0, 0.1) is 0 Å². The third-order valence-corrected chi connectivity index (χ3v) is 3.46. The van der Waals surface area contributed by atoms with Crippen molar-refractivity contribution in [2.24, 2.45) is 5.10 Å². The van der Waals surface area contributed by atoms with Gasteiger partial charge in [0.25, 0.3) is 0 Å². The minimum atomic E-state index is 0.288. The summed E-state index contributed by atoms with van der Waals surface area (Å²) in [7, 11) is 0. The number of hydrazone groups is 1. The Bertz CT molecular complexity index is 372. The van der Waals surface area contributed by atoms with Gasteiger partial charge in [-0.3, -0.25) is 5.43 Å². The van der Waals surface area contributed by atoms with Gasteiger partial charge in [0.15, 0.2) is 5.11 Å². The Morgan fingerprint density at radius 1 is 1.71 bits per heavy atom. The minimum Gasteiger partial charge on any atom is -0.376 e. The molecule has 0 unspecified atom stereocenters. The lowest BCUT2D eigenvalue weighted by atomic mass is 10.2. The Hall–Kier alpha value is -0.980. The SMILES string of the molecule is S=C(NC[C@H]1CCCO1)N/N=C\c1cccs1. The first-order chi connectivity index (χ1) is 8.34. The van der Waals surface area contributed by atoms with Gasteiger partial charge in [0.2, 0.25) is 0 Å². The zero-order valence-electron chi connectivity index (χ0n) is 9.39. The highest BCUT2D eigenvalue weighted by Gasteiger charge is 2.14. The minimum absolute atomic E-state index is 0.288. The lowest BCUT2D eigenvalue weighted by Crippen LogP contribution is -2.37. The molecular weight excluding hydrogens is 254 g/mol. The van der Waals surface area contributed by atoms with Crippen molar-refractivity contribution in [1.29, 1.82) is 0 Å². The molecule has 0 saturated carbocycles. The zero-order valence-corrected chi connectivity index (χ0v) is 11.0. The van der Waals surface area contributed by atoms with Crippen molar-refractivity contribution in [3.63, 3.8) is 0 Å². The first-order valence-corrected chi connectivity index (χ1v) is 6.85. The van der Waals surface area contributed by atoms with E-state index >= 15 is 0 Å². The van der Waals surface area contributed by atoms with Crippen LogP contribution in [0.25, 0.3) is 0 Å². The molecule has 0 spiro atoms. The van der Waals surface area contributed by atoms with E-state index in [-0.39, 0.29) is 6.10 Å². The predicted molar refractivity (Wildman–Crippen MR) is 74.6 cm³/mol. The van der Waals surface area contributed by atoms with E-state index in [9.17, 15) is 0 Å². The number of thiocarbonyl (C=S) groups is 1.